The Kier molecular flexibility index (Phi) is 6.29. The van der Waals surface area contributed by atoms with Crippen molar-refractivity contribution in [2.75, 3.05) is 18.5 Å². The van der Waals surface area contributed by atoms with Gasteiger partial charge in [-0.25, -0.2) is 4.79 Å². The molecule has 0 heterocycles. The van der Waals surface area contributed by atoms with Crippen molar-refractivity contribution in [2.24, 2.45) is 0 Å². The largest absolute Gasteiger partial charge is 0.491 e. The number of aryl methyl sites for hydroxylation is 2. The van der Waals surface area contributed by atoms with E-state index >= 15 is 0 Å². The van der Waals surface area contributed by atoms with Gasteiger partial charge in [-0.3, -0.25) is 0 Å². The second kappa shape index (κ2) is 8.44. The molecule has 0 aliphatic rings. The summed E-state index contributed by atoms with van der Waals surface area (Å²) < 4.78 is 5.70. The molecule has 2 N–H and O–H groups in total. The first-order valence-corrected chi connectivity index (χ1v) is 7.99. The smallest absolute Gasteiger partial charge is 0.319 e. The average Bonchev–Trinajstić information content (AvgIpc) is 2.55. The number of hydrogen-bond acceptors (Lipinski definition) is 2. The van der Waals surface area contributed by atoms with E-state index in [0.717, 1.165) is 23.3 Å². The van der Waals surface area contributed by atoms with E-state index < -0.39 is 0 Å². The Hall–Kier alpha value is -2.20. The molecule has 4 nitrogen and oxygen atoms in total. The highest BCUT2D eigenvalue weighted by Crippen LogP contribution is 2.20. The number of carbonyl (C=O) groups excluding carboxylic acids is 1. The number of urea groups is 1. The summed E-state index contributed by atoms with van der Waals surface area (Å²) >= 11 is 6.03. The van der Waals surface area contributed by atoms with Crippen molar-refractivity contribution < 1.29 is 9.53 Å². The highest BCUT2D eigenvalue weighted by Gasteiger charge is 2.04. The molecule has 0 saturated carbocycles. The lowest BCUT2D eigenvalue weighted by Crippen LogP contribution is -2.32. The molecule has 2 aromatic rings. The van der Waals surface area contributed by atoms with E-state index in [-0.39, 0.29) is 6.03 Å². The Bertz CT molecular complexity index is 674. The maximum Gasteiger partial charge on any atom is 0.319 e. The zero-order chi connectivity index (χ0) is 16.7. The molecule has 2 amide bonds. The molecule has 122 valence electrons. The highest BCUT2D eigenvalue weighted by molar-refractivity contribution is 6.31. The predicted octanol–water partition coefficient (Wildman–Crippen LogP) is 4.41. The molecule has 0 aliphatic carbocycles. The van der Waals surface area contributed by atoms with Gasteiger partial charge in [-0.05, 0) is 42.7 Å². The van der Waals surface area contributed by atoms with Crippen molar-refractivity contribution in [1.82, 2.24) is 5.32 Å². The van der Waals surface area contributed by atoms with E-state index in [2.05, 4.69) is 17.6 Å². The summed E-state index contributed by atoms with van der Waals surface area (Å²) in [6.07, 6.45) is 0.915. The van der Waals surface area contributed by atoms with Crippen LogP contribution in [-0.2, 0) is 6.42 Å². The first kappa shape index (κ1) is 17.2. The van der Waals surface area contributed by atoms with Crippen molar-refractivity contribution in [2.45, 2.75) is 20.3 Å². The van der Waals surface area contributed by atoms with Crippen LogP contribution in [0.5, 0.6) is 5.75 Å². The summed E-state index contributed by atoms with van der Waals surface area (Å²) in [5.74, 6) is 0.863. The number of halogens is 1. The molecule has 2 aromatic carbocycles. The highest BCUT2D eigenvalue weighted by atomic mass is 35.5. The number of hydrogen-bond donors (Lipinski definition) is 2. The van der Waals surface area contributed by atoms with Crippen LogP contribution in [0.1, 0.15) is 18.1 Å². The van der Waals surface area contributed by atoms with Crippen molar-refractivity contribution in [3.8, 4) is 5.75 Å². The number of anilines is 1. The van der Waals surface area contributed by atoms with Gasteiger partial charge in [-0.1, -0.05) is 42.8 Å². The Morgan fingerprint density at radius 1 is 1.22 bits per heavy atom. The molecule has 0 fully saturated rings. The molecule has 0 aromatic heterocycles. The van der Waals surface area contributed by atoms with Gasteiger partial charge in [0, 0.05) is 10.7 Å². The van der Waals surface area contributed by atoms with E-state index in [9.17, 15) is 4.79 Å². The second-order valence-electron chi connectivity index (χ2n) is 5.15. The average molecular weight is 333 g/mol. The van der Waals surface area contributed by atoms with Crippen molar-refractivity contribution in [1.29, 1.82) is 0 Å². The quantitative estimate of drug-likeness (QED) is 0.770. The van der Waals surface area contributed by atoms with Gasteiger partial charge >= 0.3 is 6.03 Å². The topological polar surface area (TPSA) is 50.4 Å². The second-order valence-corrected chi connectivity index (χ2v) is 5.56. The summed E-state index contributed by atoms with van der Waals surface area (Å²) in [6.45, 7) is 4.83. The lowest BCUT2D eigenvalue weighted by Gasteiger charge is -2.11. The van der Waals surface area contributed by atoms with Gasteiger partial charge in [-0.2, -0.15) is 0 Å². The zero-order valence-corrected chi connectivity index (χ0v) is 14.1. The molecule has 23 heavy (non-hydrogen) atoms. The number of amides is 2. The van der Waals surface area contributed by atoms with Crippen LogP contribution in [0.2, 0.25) is 5.02 Å². The van der Waals surface area contributed by atoms with Crippen LogP contribution >= 0.6 is 11.6 Å². The Balaban J connectivity index is 1.75. The third-order valence-corrected chi connectivity index (χ3v) is 3.84. The number of nitrogens with one attached hydrogen (secondary N) is 2. The summed E-state index contributed by atoms with van der Waals surface area (Å²) in [6, 6.07) is 13.0. The number of benzene rings is 2. The fourth-order valence-corrected chi connectivity index (χ4v) is 2.29. The van der Waals surface area contributed by atoms with Crippen molar-refractivity contribution >= 4 is 23.3 Å². The number of rotatable bonds is 6. The molecule has 5 heteroatoms. The van der Waals surface area contributed by atoms with Crippen LogP contribution in [0.4, 0.5) is 10.5 Å². The van der Waals surface area contributed by atoms with Gasteiger partial charge in [0.25, 0.3) is 0 Å². The number of ether oxygens (including phenoxy) is 1. The fourth-order valence-electron chi connectivity index (χ4n) is 2.11. The van der Waals surface area contributed by atoms with Crippen LogP contribution in [0, 0.1) is 6.92 Å². The Morgan fingerprint density at radius 3 is 2.74 bits per heavy atom. The van der Waals surface area contributed by atoms with Gasteiger partial charge < -0.3 is 15.4 Å². The molecule has 0 spiro atoms. The molecular formula is C18H21ClN2O2. The summed E-state index contributed by atoms with van der Waals surface area (Å²) in [5.41, 5.74) is 2.79. The van der Waals surface area contributed by atoms with E-state index in [4.69, 9.17) is 16.3 Å². The van der Waals surface area contributed by atoms with E-state index in [1.807, 2.05) is 43.3 Å². The molecule has 0 bridgehead atoms. The molecule has 0 unspecified atom stereocenters. The van der Waals surface area contributed by atoms with Gasteiger partial charge in [0.1, 0.15) is 12.4 Å². The standard InChI is InChI=1S/C18H21ClN2O2/c1-3-14-6-4-5-7-17(14)23-11-10-20-18(22)21-15-9-8-13(2)16(19)12-15/h4-9,12H,3,10-11H2,1-2H3,(H2,20,21,22). The van der Waals surface area contributed by atoms with Crippen LogP contribution in [0.3, 0.4) is 0 Å². The first-order chi connectivity index (χ1) is 11.1. The minimum atomic E-state index is -0.280. The van der Waals surface area contributed by atoms with Crippen LogP contribution in [-0.4, -0.2) is 19.2 Å². The molecular weight excluding hydrogens is 312 g/mol. The Labute approximate surface area is 141 Å². The summed E-state index contributed by atoms with van der Waals surface area (Å²) in [5, 5.41) is 6.12. The SMILES string of the molecule is CCc1ccccc1OCCNC(=O)Nc1ccc(C)c(Cl)c1. The summed E-state index contributed by atoms with van der Waals surface area (Å²) in [4.78, 5) is 11.8. The lowest BCUT2D eigenvalue weighted by molar-refractivity contribution is 0.247. The van der Waals surface area contributed by atoms with Gasteiger partial charge in [0.2, 0.25) is 0 Å². The van der Waals surface area contributed by atoms with Crippen molar-refractivity contribution in [3.05, 3.63) is 58.6 Å². The minimum absolute atomic E-state index is 0.280. The zero-order valence-electron chi connectivity index (χ0n) is 13.4. The van der Waals surface area contributed by atoms with E-state index in [1.165, 1.54) is 0 Å². The Morgan fingerprint density at radius 2 is 2.00 bits per heavy atom. The molecule has 0 atom stereocenters. The minimum Gasteiger partial charge on any atom is -0.491 e. The van der Waals surface area contributed by atoms with E-state index in [0.29, 0.717) is 23.9 Å². The number of para-hydroxylation sites is 1. The molecule has 0 radical (unpaired) electrons. The first-order valence-electron chi connectivity index (χ1n) is 7.62. The van der Waals surface area contributed by atoms with E-state index in [1.54, 1.807) is 6.07 Å². The maximum atomic E-state index is 11.8. The maximum absolute atomic E-state index is 11.8. The molecule has 0 aliphatic heterocycles. The molecule has 2 rings (SSSR count). The molecule has 0 saturated heterocycles. The van der Waals surface area contributed by atoms with Gasteiger partial charge in [0.15, 0.2) is 0 Å². The normalized spacial score (nSPS) is 10.2. The monoisotopic (exact) mass is 332 g/mol. The predicted molar refractivity (Wildman–Crippen MR) is 94.5 cm³/mol. The fraction of sp³-hybridized carbons (Fsp3) is 0.278. The number of carbonyl (C=O) groups is 1. The lowest BCUT2D eigenvalue weighted by atomic mass is 10.1. The van der Waals surface area contributed by atoms with Crippen molar-refractivity contribution in [3.63, 3.8) is 0 Å². The van der Waals surface area contributed by atoms with Crippen LogP contribution in [0.25, 0.3) is 0 Å². The third kappa shape index (κ3) is 5.18. The van der Waals surface area contributed by atoms with Gasteiger partial charge in [0.05, 0.1) is 6.54 Å². The third-order valence-electron chi connectivity index (χ3n) is 3.43. The summed E-state index contributed by atoms with van der Waals surface area (Å²) in [7, 11) is 0. The van der Waals surface area contributed by atoms with Gasteiger partial charge in [-0.15, -0.1) is 0 Å². The van der Waals surface area contributed by atoms with Crippen LogP contribution < -0.4 is 15.4 Å². The van der Waals surface area contributed by atoms with Crippen LogP contribution in [0.15, 0.2) is 42.5 Å².